The van der Waals surface area contributed by atoms with E-state index in [1.165, 1.54) is 0 Å². The molecule has 0 aliphatic rings. The predicted octanol–water partition coefficient (Wildman–Crippen LogP) is 2.20. The first kappa shape index (κ1) is 10.5. The number of pyridine rings is 1. The number of aldehydes is 1. The monoisotopic (exact) mass is 215 g/mol. The predicted molar refractivity (Wildman–Crippen MR) is 60.8 cm³/mol. The normalized spacial score (nSPS) is 10.7. The molecule has 2 rings (SSSR count). The van der Waals surface area contributed by atoms with Crippen LogP contribution in [0.4, 0.5) is 0 Å². The van der Waals surface area contributed by atoms with E-state index in [1.54, 1.807) is 23.1 Å². The number of carbonyl (C=O) groups excluding carboxylic acids is 1. The lowest BCUT2D eigenvalue weighted by Crippen LogP contribution is -2.01. The summed E-state index contributed by atoms with van der Waals surface area (Å²) in [6, 6.07) is 3.63. The molecule has 82 valence electrons. The molecule has 4 heteroatoms. The minimum atomic E-state index is 0.373. The van der Waals surface area contributed by atoms with Gasteiger partial charge < -0.3 is 0 Å². The van der Waals surface area contributed by atoms with Gasteiger partial charge in [0.05, 0.1) is 17.6 Å². The van der Waals surface area contributed by atoms with Gasteiger partial charge >= 0.3 is 0 Å². The second-order valence-electron chi connectivity index (χ2n) is 3.89. The zero-order chi connectivity index (χ0) is 11.5. The molecule has 0 aliphatic heterocycles. The summed E-state index contributed by atoms with van der Waals surface area (Å²) in [7, 11) is 0. The van der Waals surface area contributed by atoms with Crippen LogP contribution in [0.3, 0.4) is 0 Å². The van der Waals surface area contributed by atoms with Gasteiger partial charge in [-0.3, -0.25) is 9.78 Å². The van der Waals surface area contributed by atoms with Gasteiger partial charge in [0.15, 0.2) is 6.29 Å². The van der Waals surface area contributed by atoms with Crippen molar-refractivity contribution in [1.29, 1.82) is 0 Å². The van der Waals surface area contributed by atoms with E-state index in [-0.39, 0.29) is 0 Å². The van der Waals surface area contributed by atoms with Crippen LogP contribution < -0.4 is 0 Å². The van der Waals surface area contributed by atoms with Gasteiger partial charge in [-0.25, -0.2) is 4.68 Å². The molecule has 16 heavy (non-hydrogen) atoms. The van der Waals surface area contributed by atoms with Crippen LogP contribution in [-0.2, 0) is 0 Å². The van der Waals surface area contributed by atoms with Crippen LogP contribution in [0.25, 0.3) is 5.69 Å². The maximum Gasteiger partial charge on any atom is 0.152 e. The molecule has 4 nitrogen and oxygen atoms in total. The Labute approximate surface area is 93.9 Å². The first-order valence-electron chi connectivity index (χ1n) is 5.17. The highest BCUT2D eigenvalue weighted by Crippen LogP contribution is 2.15. The topological polar surface area (TPSA) is 47.8 Å². The third-order valence-corrected chi connectivity index (χ3v) is 2.41. The standard InChI is InChI=1S/C12H13N3O/c1-9(2)11-4-6-15(14-11)12-7-13-5-3-10(12)8-16/h3-9H,1-2H3. The summed E-state index contributed by atoms with van der Waals surface area (Å²) < 4.78 is 1.69. The fraction of sp³-hybridized carbons (Fsp3) is 0.250. The summed E-state index contributed by atoms with van der Waals surface area (Å²) in [4.78, 5) is 14.9. The summed E-state index contributed by atoms with van der Waals surface area (Å²) in [6.07, 6.45) is 5.90. The Hall–Kier alpha value is -1.97. The Morgan fingerprint density at radius 2 is 2.19 bits per heavy atom. The summed E-state index contributed by atoms with van der Waals surface area (Å²) in [6.45, 7) is 4.16. The van der Waals surface area contributed by atoms with E-state index in [2.05, 4.69) is 23.9 Å². The van der Waals surface area contributed by atoms with Gasteiger partial charge in [0.25, 0.3) is 0 Å². The fourth-order valence-electron chi connectivity index (χ4n) is 1.47. The van der Waals surface area contributed by atoms with Crippen molar-refractivity contribution < 1.29 is 4.79 Å². The van der Waals surface area contributed by atoms with Gasteiger partial charge in [0.2, 0.25) is 0 Å². The van der Waals surface area contributed by atoms with Gasteiger partial charge in [-0.2, -0.15) is 5.10 Å². The highest BCUT2D eigenvalue weighted by Gasteiger charge is 2.07. The van der Waals surface area contributed by atoms with Crippen molar-refractivity contribution >= 4 is 6.29 Å². The van der Waals surface area contributed by atoms with Crippen molar-refractivity contribution in [1.82, 2.24) is 14.8 Å². The number of hydrogen-bond donors (Lipinski definition) is 0. The lowest BCUT2D eigenvalue weighted by molar-refractivity contribution is 0.112. The molecule has 2 heterocycles. The van der Waals surface area contributed by atoms with Crippen LogP contribution in [-0.4, -0.2) is 21.1 Å². The molecule has 0 N–H and O–H groups in total. The number of hydrogen-bond acceptors (Lipinski definition) is 3. The minimum Gasteiger partial charge on any atom is -0.298 e. The SMILES string of the molecule is CC(C)c1ccn(-c2cnccc2C=O)n1. The first-order chi connectivity index (χ1) is 7.72. The largest absolute Gasteiger partial charge is 0.298 e. The molecule has 0 amide bonds. The molecular formula is C12H13N3O. The lowest BCUT2D eigenvalue weighted by Gasteiger charge is -2.03. The maximum atomic E-state index is 10.9. The number of rotatable bonds is 3. The third kappa shape index (κ3) is 1.86. The first-order valence-corrected chi connectivity index (χ1v) is 5.17. The minimum absolute atomic E-state index is 0.373. The van der Waals surface area contributed by atoms with Gasteiger partial charge in [-0.15, -0.1) is 0 Å². The Balaban J connectivity index is 2.46. The number of nitrogens with zero attached hydrogens (tertiary/aromatic N) is 3. The molecule has 0 saturated carbocycles. The van der Waals surface area contributed by atoms with Gasteiger partial charge in [-0.1, -0.05) is 13.8 Å². The molecule has 0 bridgehead atoms. The van der Waals surface area contributed by atoms with Gasteiger partial charge in [0.1, 0.15) is 0 Å². The van der Waals surface area contributed by atoms with E-state index in [0.717, 1.165) is 12.0 Å². The molecule has 0 saturated heterocycles. The summed E-state index contributed by atoms with van der Waals surface area (Å²) >= 11 is 0. The third-order valence-electron chi connectivity index (χ3n) is 2.41. The highest BCUT2D eigenvalue weighted by molar-refractivity contribution is 5.80. The van der Waals surface area contributed by atoms with Crippen LogP contribution in [0.1, 0.15) is 35.8 Å². The molecule has 0 radical (unpaired) electrons. The Morgan fingerprint density at radius 3 is 2.81 bits per heavy atom. The fourth-order valence-corrected chi connectivity index (χ4v) is 1.47. The van der Waals surface area contributed by atoms with Crippen molar-refractivity contribution in [3.05, 3.63) is 42.0 Å². The molecule has 0 fully saturated rings. The maximum absolute atomic E-state index is 10.9. The average molecular weight is 215 g/mol. The van der Waals surface area contributed by atoms with Crippen LogP contribution in [0, 0.1) is 0 Å². The van der Waals surface area contributed by atoms with Crippen LogP contribution in [0.15, 0.2) is 30.7 Å². The molecule has 2 aromatic rings. The smallest absolute Gasteiger partial charge is 0.152 e. The summed E-state index contributed by atoms with van der Waals surface area (Å²) in [5.74, 6) is 0.373. The Kier molecular flexibility index (Phi) is 2.81. The second-order valence-corrected chi connectivity index (χ2v) is 3.89. The van der Waals surface area contributed by atoms with Crippen LogP contribution in [0.5, 0.6) is 0 Å². The Bertz CT molecular complexity index is 502. The average Bonchev–Trinajstić information content (AvgIpc) is 2.78. The zero-order valence-corrected chi connectivity index (χ0v) is 9.29. The van der Waals surface area contributed by atoms with E-state index in [9.17, 15) is 4.79 Å². The highest BCUT2D eigenvalue weighted by atomic mass is 16.1. The molecule has 0 aromatic carbocycles. The summed E-state index contributed by atoms with van der Waals surface area (Å²) in [5, 5.41) is 4.41. The van der Waals surface area contributed by atoms with E-state index in [4.69, 9.17) is 0 Å². The van der Waals surface area contributed by atoms with Crippen LogP contribution in [0.2, 0.25) is 0 Å². The van der Waals surface area contributed by atoms with Gasteiger partial charge in [-0.05, 0) is 18.1 Å². The van der Waals surface area contributed by atoms with E-state index in [1.807, 2.05) is 12.3 Å². The van der Waals surface area contributed by atoms with E-state index >= 15 is 0 Å². The molecule has 0 unspecified atom stereocenters. The van der Waals surface area contributed by atoms with Crippen molar-refractivity contribution in [3.8, 4) is 5.69 Å². The van der Waals surface area contributed by atoms with Crippen molar-refractivity contribution in [2.75, 3.05) is 0 Å². The van der Waals surface area contributed by atoms with Crippen LogP contribution >= 0.6 is 0 Å². The number of carbonyl (C=O) groups is 1. The lowest BCUT2D eigenvalue weighted by atomic mass is 10.1. The van der Waals surface area contributed by atoms with E-state index in [0.29, 0.717) is 17.2 Å². The van der Waals surface area contributed by atoms with Crippen molar-refractivity contribution in [3.63, 3.8) is 0 Å². The summed E-state index contributed by atoms with van der Waals surface area (Å²) in [5.41, 5.74) is 2.30. The zero-order valence-electron chi connectivity index (χ0n) is 9.29. The van der Waals surface area contributed by atoms with Gasteiger partial charge in [0, 0.05) is 18.0 Å². The molecular weight excluding hydrogens is 202 g/mol. The van der Waals surface area contributed by atoms with Crippen molar-refractivity contribution in [2.24, 2.45) is 0 Å². The quantitative estimate of drug-likeness (QED) is 0.737. The Morgan fingerprint density at radius 1 is 1.38 bits per heavy atom. The molecule has 0 aliphatic carbocycles. The molecule has 2 aromatic heterocycles. The second kappa shape index (κ2) is 4.26. The molecule has 0 atom stereocenters. The number of aromatic nitrogens is 3. The van der Waals surface area contributed by atoms with Crippen molar-refractivity contribution in [2.45, 2.75) is 19.8 Å². The molecule has 0 spiro atoms. The van der Waals surface area contributed by atoms with E-state index < -0.39 is 0 Å².